The van der Waals surface area contributed by atoms with E-state index in [4.69, 9.17) is 5.73 Å². The van der Waals surface area contributed by atoms with Crippen molar-refractivity contribution in [2.24, 2.45) is 0 Å². The van der Waals surface area contributed by atoms with Crippen molar-refractivity contribution < 1.29 is 0 Å². The van der Waals surface area contributed by atoms with Crippen molar-refractivity contribution >= 4 is 0 Å². The minimum atomic E-state index is -0.0163. The highest BCUT2D eigenvalue weighted by atomic mass is 14.6. The summed E-state index contributed by atoms with van der Waals surface area (Å²) in [5, 5.41) is 0. The summed E-state index contributed by atoms with van der Waals surface area (Å²) in [6.07, 6.45) is 0. The molecule has 1 N–H and O–H groups in total. The average Bonchev–Trinajstić information content (AvgIpc) is 2.05. The van der Waals surface area contributed by atoms with Gasteiger partial charge >= 0.3 is 0 Å². The van der Waals surface area contributed by atoms with Gasteiger partial charge in [0.1, 0.15) is 0 Å². The summed E-state index contributed by atoms with van der Waals surface area (Å²) in [7, 11) is 0. The maximum atomic E-state index is 7.52. The molecule has 0 heterocycles. The van der Waals surface area contributed by atoms with Gasteiger partial charge < -0.3 is 0 Å². The van der Waals surface area contributed by atoms with Gasteiger partial charge in [-0.1, -0.05) is 37.3 Å². The smallest absolute Gasteiger partial charge is 0.0250 e. The van der Waals surface area contributed by atoms with Gasteiger partial charge in [0.15, 0.2) is 0 Å². The zero-order valence-corrected chi connectivity index (χ0v) is 7.04. The van der Waals surface area contributed by atoms with Gasteiger partial charge in [-0.05, 0) is 18.4 Å². The van der Waals surface area contributed by atoms with Gasteiger partial charge in [-0.3, -0.25) is 5.73 Å². The standard InChI is InChI=1S/C10H14N/c1-8(9(2)11)10-6-4-3-5-7-10/h3-9,11H,1-2H3. The molecular weight excluding hydrogens is 134 g/mol. The van der Waals surface area contributed by atoms with Crippen LogP contribution in [0.25, 0.3) is 0 Å². The van der Waals surface area contributed by atoms with E-state index >= 15 is 0 Å². The minimum absolute atomic E-state index is 0.0163. The molecular formula is C10H14N. The molecule has 2 atom stereocenters. The molecule has 0 amide bonds. The van der Waals surface area contributed by atoms with Crippen LogP contribution < -0.4 is 5.73 Å². The summed E-state index contributed by atoms with van der Waals surface area (Å²) in [5.41, 5.74) is 8.78. The Labute approximate surface area is 68.2 Å². The van der Waals surface area contributed by atoms with Crippen molar-refractivity contribution in [2.75, 3.05) is 0 Å². The lowest BCUT2D eigenvalue weighted by Gasteiger charge is -2.14. The van der Waals surface area contributed by atoms with Crippen molar-refractivity contribution in [3.8, 4) is 0 Å². The molecule has 0 aromatic heterocycles. The zero-order valence-electron chi connectivity index (χ0n) is 7.04. The zero-order chi connectivity index (χ0) is 8.27. The SMILES string of the molecule is CC([NH])C(C)c1ccccc1. The normalized spacial score (nSPS) is 15.9. The first-order valence-corrected chi connectivity index (χ1v) is 3.98. The summed E-state index contributed by atoms with van der Waals surface area (Å²) in [4.78, 5) is 0. The number of nitrogens with one attached hydrogen (secondary N) is 1. The molecule has 1 radical (unpaired) electrons. The van der Waals surface area contributed by atoms with Crippen LogP contribution in [0.1, 0.15) is 25.3 Å². The lowest BCUT2D eigenvalue weighted by Crippen LogP contribution is -2.12. The quantitative estimate of drug-likeness (QED) is 0.615. The maximum absolute atomic E-state index is 7.52. The largest absolute Gasteiger partial charge is 0.254 e. The van der Waals surface area contributed by atoms with Crippen LogP contribution in [0.2, 0.25) is 0 Å². The second-order valence-corrected chi connectivity index (χ2v) is 2.99. The Kier molecular flexibility index (Phi) is 2.66. The van der Waals surface area contributed by atoms with Gasteiger partial charge in [0, 0.05) is 6.04 Å². The fourth-order valence-corrected chi connectivity index (χ4v) is 1.05. The fourth-order valence-electron chi connectivity index (χ4n) is 1.05. The van der Waals surface area contributed by atoms with Gasteiger partial charge in [0.25, 0.3) is 0 Å². The van der Waals surface area contributed by atoms with Gasteiger partial charge in [0.2, 0.25) is 0 Å². The first kappa shape index (κ1) is 8.28. The lowest BCUT2D eigenvalue weighted by atomic mass is 9.95. The molecule has 0 aliphatic rings. The van der Waals surface area contributed by atoms with E-state index in [1.165, 1.54) is 5.56 Å². The van der Waals surface area contributed by atoms with E-state index in [1.54, 1.807) is 0 Å². The average molecular weight is 148 g/mol. The van der Waals surface area contributed by atoms with Crippen LogP contribution in [0.3, 0.4) is 0 Å². The number of hydrogen-bond donors (Lipinski definition) is 0. The summed E-state index contributed by atoms with van der Waals surface area (Å²) >= 11 is 0. The van der Waals surface area contributed by atoms with Crippen LogP contribution in [0, 0.1) is 0 Å². The molecule has 0 bridgehead atoms. The van der Waals surface area contributed by atoms with Crippen LogP contribution in [0.5, 0.6) is 0 Å². The van der Waals surface area contributed by atoms with Crippen LogP contribution in [-0.4, -0.2) is 6.04 Å². The Bertz CT molecular complexity index is 203. The highest BCUT2D eigenvalue weighted by Gasteiger charge is 2.08. The van der Waals surface area contributed by atoms with Crippen LogP contribution >= 0.6 is 0 Å². The van der Waals surface area contributed by atoms with Crippen LogP contribution in [0.15, 0.2) is 30.3 Å². The number of hydrogen-bond acceptors (Lipinski definition) is 0. The summed E-state index contributed by atoms with van der Waals surface area (Å²) in [6, 6.07) is 10.2. The van der Waals surface area contributed by atoms with Gasteiger partial charge in [-0.25, -0.2) is 0 Å². The van der Waals surface area contributed by atoms with Crippen molar-refractivity contribution in [1.82, 2.24) is 5.73 Å². The van der Waals surface area contributed by atoms with E-state index < -0.39 is 0 Å². The molecule has 11 heavy (non-hydrogen) atoms. The van der Waals surface area contributed by atoms with E-state index in [2.05, 4.69) is 19.1 Å². The molecule has 1 rings (SSSR count). The Hall–Kier alpha value is -0.820. The molecule has 1 aromatic carbocycles. The molecule has 1 heteroatoms. The van der Waals surface area contributed by atoms with Crippen LogP contribution in [-0.2, 0) is 0 Å². The lowest BCUT2D eigenvalue weighted by molar-refractivity contribution is 0.597. The molecule has 1 nitrogen and oxygen atoms in total. The second-order valence-electron chi connectivity index (χ2n) is 2.99. The van der Waals surface area contributed by atoms with Gasteiger partial charge in [-0.2, -0.15) is 0 Å². The Morgan fingerprint density at radius 1 is 1.09 bits per heavy atom. The van der Waals surface area contributed by atoms with Crippen LogP contribution in [0.4, 0.5) is 0 Å². The van der Waals surface area contributed by atoms with Gasteiger partial charge in [-0.15, -0.1) is 0 Å². The Morgan fingerprint density at radius 3 is 2.09 bits per heavy atom. The molecule has 0 spiro atoms. The van der Waals surface area contributed by atoms with Crippen molar-refractivity contribution in [3.63, 3.8) is 0 Å². The summed E-state index contributed by atoms with van der Waals surface area (Å²) in [5.74, 6) is 0.344. The predicted molar refractivity (Wildman–Crippen MR) is 47.4 cm³/mol. The number of rotatable bonds is 2. The molecule has 2 unspecified atom stereocenters. The molecule has 0 aliphatic carbocycles. The topological polar surface area (TPSA) is 23.8 Å². The van der Waals surface area contributed by atoms with E-state index in [9.17, 15) is 0 Å². The van der Waals surface area contributed by atoms with Crippen molar-refractivity contribution in [3.05, 3.63) is 35.9 Å². The summed E-state index contributed by atoms with van der Waals surface area (Å²) < 4.78 is 0. The third-order valence-electron chi connectivity index (χ3n) is 2.08. The highest BCUT2D eigenvalue weighted by Crippen LogP contribution is 2.17. The maximum Gasteiger partial charge on any atom is 0.0250 e. The summed E-state index contributed by atoms with van der Waals surface area (Å²) in [6.45, 7) is 4.02. The highest BCUT2D eigenvalue weighted by molar-refractivity contribution is 5.19. The molecule has 0 saturated heterocycles. The van der Waals surface area contributed by atoms with Crippen molar-refractivity contribution in [1.29, 1.82) is 0 Å². The molecule has 59 valence electrons. The van der Waals surface area contributed by atoms with E-state index in [-0.39, 0.29) is 6.04 Å². The van der Waals surface area contributed by atoms with E-state index in [0.29, 0.717) is 5.92 Å². The number of benzene rings is 1. The third kappa shape index (κ3) is 2.05. The van der Waals surface area contributed by atoms with Crippen molar-refractivity contribution in [2.45, 2.75) is 25.8 Å². The molecule has 0 saturated carbocycles. The fraction of sp³-hybridized carbons (Fsp3) is 0.400. The molecule has 1 aromatic rings. The first-order valence-electron chi connectivity index (χ1n) is 3.98. The monoisotopic (exact) mass is 148 g/mol. The second kappa shape index (κ2) is 3.54. The third-order valence-corrected chi connectivity index (χ3v) is 2.08. The van der Waals surface area contributed by atoms with Gasteiger partial charge in [0.05, 0.1) is 0 Å². The molecule has 0 aliphatic heterocycles. The van der Waals surface area contributed by atoms with E-state index in [1.807, 2.05) is 25.1 Å². The Balaban J connectivity index is 2.77. The first-order chi connectivity index (χ1) is 5.22. The molecule has 0 fully saturated rings. The Morgan fingerprint density at radius 2 is 1.64 bits per heavy atom. The minimum Gasteiger partial charge on any atom is -0.254 e. The predicted octanol–water partition coefficient (Wildman–Crippen LogP) is 2.46. The van der Waals surface area contributed by atoms with E-state index in [0.717, 1.165) is 0 Å².